The molecular weight excluding hydrogens is 428 g/mol. The molecule has 1 unspecified atom stereocenters. The fourth-order valence-electron chi connectivity index (χ4n) is 4.52. The quantitative estimate of drug-likeness (QED) is 0.664. The maximum absolute atomic E-state index is 13.5. The van der Waals surface area contributed by atoms with Crippen molar-refractivity contribution in [3.05, 3.63) is 59.2 Å². The van der Waals surface area contributed by atoms with E-state index in [4.69, 9.17) is 9.47 Å². The average Bonchev–Trinajstić information content (AvgIpc) is 3.34. The van der Waals surface area contributed by atoms with Crippen molar-refractivity contribution in [1.82, 2.24) is 9.21 Å². The average molecular weight is 459 g/mol. The van der Waals surface area contributed by atoms with Crippen molar-refractivity contribution in [2.24, 2.45) is 0 Å². The molecule has 2 aromatic rings. The number of methoxy groups -OCH3 is 1. The second kappa shape index (κ2) is 9.60. The summed E-state index contributed by atoms with van der Waals surface area (Å²) >= 11 is 0. The van der Waals surface area contributed by atoms with Crippen LogP contribution in [0, 0.1) is 0 Å². The molecule has 0 spiro atoms. The monoisotopic (exact) mass is 458 g/mol. The zero-order valence-corrected chi connectivity index (χ0v) is 19.4. The minimum atomic E-state index is -3.69. The standard InChI is InChI=1S/C24H30N2O5S/c1-3-18-9-10-20(17-23(18)32(28,29)25-12-14-31-15-13-25)24(27)26-11-5-8-22(26)19-6-4-7-21(16-19)30-2/h4,6-7,9-10,16-17,22H,3,5,8,11-15H2,1-2H3. The van der Waals surface area contributed by atoms with Crippen molar-refractivity contribution in [2.75, 3.05) is 40.0 Å². The molecule has 0 N–H and O–H groups in total. The van der Waals surface area contributed by atoms with E-state index in [2.05, 4.69) is 0 Å². The highest BCUT2D eigenvalue weighted by molar-refractivity contribution is 7.89. The third-order valence-corrected chi connectivity index (χ3v) is 8.26. The maximum Gasteiger partial charge on any atom is 0.254 e. The van der Waals surface area contributed by atoms with Crippen LogP contribution in [0.2, 0.25) is 0 Å². The van der Waals surface area contributed by atoms with Gasteiger partial charge in [-0.2, -0.15) is 4.31 Å². The summed E-state index contributed by atoms with van der Waals surface area (Å²) in [6, 6.07) is 12.8. The number of sulfonamides is 1. The Bertz CT molecular complexity index is 1080. The van der Waals surface area contributed by atoms with Crippen LogP contribution in [-0.4, -0.2) is 63.5 Å². The van der Waals surface area contributed by atoms with Crippen molar-refractivity contribution < 1.29 is 22.7 Å². The Morgan fingerprint density at radius 3 is 2.62 bits per heavy atom. The van der Waals surface area contributed by atoms with E-state index in [9.17, 15) is 13.2 Å². The van der Waals surface area contributed by atoms with Crippen LogP contribution < -0.4 is 4.74 Å². The summed E-state index contributed by atoms with van der Waals surface area (Å²) in [5.74, 6) is 0.615. The molecule has 1 atom stereocenters. The lowest BCUT2D eigenvalue weighted by atomic mass is 10.0. The first-order valence-corrected chi connectivity index (χ1v) is 12.6. The Hall–Kier alpha value is -2.42. The SMILES string of the molecule is CCc1ccc(C(=O)N2CCCC2c2cccc(OC)c2)cc1S(=O)(=O)N1CCOCC1. The lowest BCUT2D eigenvalue weighted by Gasteiger charge is -2.28. The van der Waals surface area contributed by atoms with Crippen LogP contribution in [0.15, 0.2) is 47.4 Å². The summed E-state index contributed by atoms with van der Waals surface area (Å²) in [7, 11) is -2.07. The normalized spacial score (nSPS) is 19.8. The highest BCUT2D eigenvalue weighted by Crippen LogP contribution is 2.35. The van der Waals surface area contributed by atoms with Gasteiger partial charge in [0.1, 0.15) is 5.75 Å². The molecule has 1 amide bonds. The van der Waals surface area contributed by atoms with Crippen LogP contribution in [0.3, 0.4) is 0 Å². The third kappa shape index (κ3) is 4.40. The first-order valence-electron chi connectivity index (χ1n) is 11.1. The Balaban J connectivity index is 1.66. The summed E-state index contributed by atoms with van der Waals surface area (Å²) in [6.07, 6.45) is 2.34. The first-order chi connectivity index (χ1) is 15.5. The van der Waals surface area contributed by atoms with Gasteiger partial charge in [-0.05, 0) is 54.7 Å². The van der Waals surface area contributed by atoms with Crippen LogP contribution in [0.4, 0.5) is 0 Å². The molecule has 7 nitrogen and oxygen atoms in total. The van der Waals surface area contributed by atoms with Gasteiger partial charge in [-0.25, -0.2) is 8.42 Å². The van der Waals surface area contributed by atoms with Crippen molar-refractivity contribution in [2.45, 2.75) is 37.1 Å². The molecule has 8 heteroatoms. The van der Waals surface area contributed by atoms with Gasteiger partial charge >= 0.3 is 0 Å². The third-order valence-electron chi connectivity index (χ3n) is 6.28. The number of nitrogens with zero attached hydrogens (tertiary/aromatic N) is 2. The number of rotatable bonds is 6. The molecule has 0 radical (unpaired) electrons. The maximum atomic E-state index is 13.5. The number of carbonyl (C=O) groups excluding carboxylic acids is 1. The Morgan fingerprint density at radius 2 is 1.91 bits per heavy atom. The van der Waals surface area contributed by atoms with Gasteiger partial charge in [0.05, 0.1) is 31.3 Å². The van der Waals surface area contributed by atoms with E-state index < -0.39 is 10.0 Å². The number of likely N-dealkylation sites (tertiary alicyclic amines) is 1. The minimum absolute atomic E-state index is 0.0530. The van der Waals surface area contributed by atoms with Crippen molar-refractivity contribution in [3.8, 4) is 5.75 Å². The van der Waals surface area contributed by atoms with Crippen LogP contribution in [0.25, 0.3) is 0 Å². The number of benzene rings is 2. The smallest absolute Gasteiger partial charge is 0.254 e. The second-order valence-corrected chi connectivity index (χ2v) is 10.0. The molecular formula is C24H30N2O5S. The fraction of sp³-hybridized carbons (Fsp3) is 0.458. The molecule has 4 rings (SSSR count). The molecule has 2 saturated heterocycles. The summed E-state index contributed by atoms with van der Waals surface area (Å²) < 4.78 is 38.8. The predicted octanol–water partition coefficient (Wildman–Crippen LogP) is 3.26. The van der Waals surface area contributed by atoms with Gasteiger partial charge < -0.3 is 14.4 Å². The van der Waals surface area contributed by atoms with Crippen LogP contribution >= 0.6 is 0 Å². The molecule has 0 aromatic heterocycles. The van der Waals surface area contributed by atoms with E-state index in [1.54, 1.807) is 25.3 Å². The lowest BCUT2D eigenvalue weighted by Crippen LogP contribution is -2.41. The summed E-state index contributed by atoms with van der Waals surface area (Å²) in [6.45, 7) is 3.99. The summed E-state index contributed by atoms with van der Waals surface area (Å²) in [5.41, 5.74) is 2.16. The molecule has 172 valence electrons. The van der Waals surface area contributed by atoms with Gasteiger partial charge in [0.15, 0.2) is 0 Å². The van der Waals surface area contributed by atoms with E-state index in [0.717, 1.165) is 29.7 Å². The zero-order valence-electron chi connectivity index (χ0n) is 18.6. The lowest BCUT2D eigenvalue weighted by molar-refractivity contribution is 0.0727. The highest BCUT2D eigenvalue weighted by atomic mass is 32.2. The molecule has 32 heavy (non-hydrogen) atoms. The minimum Gasteiger partial charge on any atom is -0.497 e. The number of amides is 1. The van der Waals surface area contributed by atoms with Gasteiger partial charge in [0.25, 0.3) is 5.91 Å². The molecule has 2 aliphatic rings. The topological polar surface area (TPSA) is 76.2 Å². The molecule has 0 bridgehead atoms. The Morgan fingerprint density at radius 1 is 1.12 bits per heavy atom. The molecule has 2 aliphatic heterocycles. The highest BCUT2D eigenvalue weighted by Gasteiger charge is 2.33. The molecule has 2 heterocycles. The van der Waals surface area contributed by atoms with Gasteiger partial charge in [0, 0.05) is 25.2 Å². The number of morpholine rings is 1. The molecule has 0 saturated carbocycles. The number of hydrogen-bond acceptors (Lipinski definition) is 5. The molecule has 0 aliphatic carbocycles. The van der Waals surface area contributed by atoms with Gasteiger partial charge in [-0.15, -0.1) is 0 Å². The number of carbonyl (C=O) groups is 1. The zero-order chi connectivity index (χ0) is 22.7. The van der Waals surface area contributed by atoms with Gasteiger partial charge in [-0.3, -0.25) is 4.79 Å². The summed E-state index contributed by atoms with van der Waals surface area (Å²) in [5, 5.41) is 0. The van der Waals surface area contributed by atoms with Crippen molar-refractivity contribution in [3.63, 3.8) is 0 Å². The fourth-order valence-corrected chi connectivity index (χ4v) is 6.24. The second-order valence-electron chi connectivity index (χ2n) is 8.13. The van der Waals surface area contributed by atoms with E-state index >= 15 is 0 Å². The van der Waals surface area contributed by atoms with Crippen molar-refractivity contribution in [1.29, 1.82) is 0 Å². The molecule has 2 aromatic carbocycles. The van der Waals surface area contributed by atoms with Gasteiger partial charge in [0.2, 0.25) is 10.0 Å². The number of hydrogen-bond donors (Lipinski definition) is 0. The Kier molecular flexibility index (Phi) is 6.83. The Labute approximate surface area is 190 Å². The van der Waals surface area contributed by atoms with E-state index in [1.807, 2.05) is 36.1 Å². The van der Waals surface area contributed by atoms with E-state index in [1.165, 1.54) is 4.31 Å². The van der Waals surface area contributed by atoms with E-state index in [-0.39, 0.29) is 16.8 Å². The number of aryl methyl sites for hydroxylation is 1. The predicted molar refractivity (Wildman–Crippen MR) is 121 cm³/mol. The summed E-state index contributed by atoms with van der Waals surface area (Å²) in [4.78, 5) is 15.6. The molecule has 2 fully saturated rings. The van der Waals surface area contributed by atoms with Crippen LogP contribution in [-0.2, 0) is 21.2 Å². The van der Waals surface area contributed by atoms with Crippen LogP contribution in [0.1, 0.15) is 47.3 Å². The van der Waals surface area contributed by atoms with Gasteiger partial charge in [-0.1, -0.05) is 25.1 Å². The largest absolute Gasteiger partial charge is 0.497 e. The number of ether oxygens (including phenoxy) is 2. The van der Waals surface area contributed by atoms with E-state index in [0.29, 0.717) is 44.8 Å². The van der Waals surface area contributed by atoms with Crippen molar-refractivity contribution >= 4 is 15.9 Å². The first kappa shape index (κ1) is 22.8. The van der Waals surface area contributed by atoms with Crippen LogP contribution in [0.5, 0.6) is 5.75 Å².